The number of rotatable bonds is 4. The first-order chi connectivity index (χ1) is 11.5. The molecule has 4 heteroatoms. The molecule has 3 nitrogen and oxygen atoms in total. The smallest absolute Gasteiger partial charge is 0.335 e. The number of aromatic carboxylic acids is 1. The van der Waals surface area contributed by atoms with Crippen LogP contribution in [0.5, 0.6) is 0 Å². The molecule has 0 aliphatic heterocycles. The first kappa shape index (κ1) is 16.0. The highest BCUT2D eigenvalue weighted by Crippen LogP contribution is 2.10. The zero-order valence-electron chi connectivity index (χ0n) is 13.4. The van der Waals surface area contributed by atoms with Crippen molar-refractivity contribution in [2.75, 3.05) is 5.73 Å². The first-order valence-electron chi connectivity index (χ1n) is 7.77. The summed E-state index contributed by atoms with van der Waals surface area (Å²) in [6.45, 7) is 2.28. The molecule has 0 amide bonds. The van der Waals surface area contributed by atoms with E-state index in [1.54, 1.807) is 12.1 Å². The molecule has 0 spiro atoms. The highest BCUT2D eigenvalue weighted by molar-refractivity contribution is 7.10. The van der Waals surface area contributed by atoms with E-state index in [2.05, 4.69) is 30.8 Å². The Morgan fingerprint density at radius 3 is 1.75 bits per heavy atom. The summed E-state index contributed by atoms with van der Waals surface area (Å²) in [5, 5.41) is 12.8. The summed E-state index contributed by atoms with van der Waals surface area (Å²) in [5.74, 6) is -0.905. The Hall–Kier alpha value is -2.85. The largest absolute Gasteiger partial charge is 0.478 e. The van der Waals surface area contributed by atoms with E-state index in [-0.39, 0.29) is 0 Å². The molecular weight excluding hydrogens is 314 g/mol. The maximum Gasteiger partial charge on any atom is 0.335 e. The third-order valence-corrected chi connectivity index (χ3v) is 9.01. The van der Waals surface area contributed by atoms with Crippen LogP contribution in [0.3, 0.4) is 0 Å². The summed E-state index contributed by atoms with van der Waals surface area (Å²) in [5.41, 5.74) is 6.90. The van der Waals surface area contributed by atoms with Crippen molar-refractivity contribution in [3.8, 4) is 0 Å². The van der Waals surface area contributed by atoms with E-state index >= 15 is 0 Å². The van der Waals surface area contributed by atoms with Crippen LogP contribution >= 0.6 is 0 Å². The van der Waals surface area contributed by atoms with Crippen LogP contribution in [0.2, 0.25) is 6.55 Å². The van der Waals surface area contributed by atoms with Crippen molar-refractivity contribution in [2.45, 2.75) is 6.55 Å². The predicted octanol–water partition coefficient (Wildman–Crippen LogP) is 2.07. The molecule has 3 rings (SSSR count). The Morgan fingerprint density at radius 2 is 1.25 bits per heavy atom. The number of nitrogen functional groups attached to an aromatic ring is 1. The molecule has 0 aliphatic rings. The zero-order valence-corrected chi connectivity index (χ0v) is 14.4. The molecule has 3 aromatic carbocycles. The minimum Gasteiger partial charge on any atom is -0.478 e. The molecule has 120 valence electrons. The number of benzene rings is 3. The lowest BCUT2D eigenvalue weighted by Crippen LogP contribution is -2.64. The third-order valence-electron chi connectivity index (χ3n) is 4.55. The number of anilines is 1. The standard InChI is InChI=1S/C20H19NO2Si/c1-24(17-5-3-2-4-6-17,19-13-9-16(21)10-14-19)18-11-7-15(8-12-18)20(22)23/h2-14H,21H2,1H3,(H,22,23). The van der Waals surface area contributed by atoms with Gasteiger partial charge in [0, 0.05) is 5.69 Å². The quantitative estimate of drug-likeness (QED) is 0.436. The molecule has 0 heterocycles. The van der Waals surface area contributed by atoms with Crippen molar-refractivity contribution in [3.63, 3.8) is 0 Å². The number of nitrogens with two attached hydrogens (primary N) is 1. The monoisotopic (exact) mass is 333 g/mol. The number of carbonyl (C=O) groups is 1. The van der Waals surface area contributed by atoms with Crippen LogP contribution in [0, 0.1) is 0 Å². The molecule has 0 fully saturated rings. The highest BCUT2D eigenvalue weighted by Gasteiger charge is 2.33. The van der Waals surface area contributed by atoms with Crippen molar-refractivity contribution >= 4 is 35.3 Å². The lowest BCUT2D eigenvalue weighted by molar-refractivity contribution is 0.0697. The van der Waals surface area contributed by atoms with Gasteiger partial charge < -0.3 is 10.8 Å². The predicted molar refractivity (Wildman–Crippen MR) is 101 cm³/mol. The van der Waals surface area contributed by atoms with Gasteiger partial charge in [0.15, 0.2) is 0 Å². The molecule has 1 unspecified atom stereocenters. The van der Waals surface area contributed by atoms with Crippen LogP contribution in [0.15, 0.2) is 78.9 Å². The number of carboxylic acids is 1. The second-order valence-corrected chi connectivity index (χ2v) is 9.98. The normalized spacial score (nSPS) is 13.2. The van der Waals surface area contributed by atoms with Gasteiger partial charge in [-0.25, -0.2) is 4.79 Å². The average Bonchev–Trinajstić information content (AvgIpc) is 2.62. The van der Waals surface area contributed by atoms with Gasteiger partial charge in [-0.2, -0.15) is 0 Å². The number of carboxylic acid groups (broad SMARTS) is 1. The van der Waals surface area contributed by atoms with Gasteiger partial charge in [0.1, 0.15) is 8.07 Å². The molecule has 24 heavy (non-hydrogen) atoms. The third kappa shape index (κ3) is 2.84. The minimum absolute atomic E-state index is 0.306. The van der Waals surface area contributed by atoms with E-state index in [9.17, 15) is 4.79 Å². The fourth-order valence-electron chi connectivity index (χ4n) is 3.03. The summed E-state index contributed by atoms with van der Waals surface area (Å²) in [4.78, 5) is 11.1. The molecule has 3 N–H and O–H groups in total. The molecule has 0 aliphatic carbocycles. The summed E-state index contributed by atoms with van der Waals surface area (Å²) < 4.78 is 0. The van der Waals surface area contributed by atoms with Crippen molar-refractivity contribution in [3.05, 3.63) is 84.4 Å². The van der Waals surface area contributed by atoms with Gasteiger partial charge in [-0.15, -0.1) is 0 Å². The van der Waals surface area contributed by atoms with E-state index in [4.69, 9.17) is 10.8 Å². The molecule has 0 aromatic heterocycles. The van der Waals surface area contributed by atoms with Crippen molar-refractivity contribution in [1.82, 2.24) is 0 Å². The van der Waals surface area contributed by atoms with Crippen LogP contribution in [-0.4, -0.2) is 19.1 Å². The molecule has 1 atom stereocenters. The molecule has 0 bridgehead atoms. The maximum absolute atomic E-state index is 11.1. The maximum atomic E-state index is 11.1. The lowest BCUT2D eigenvalue weighted by atomic mass is 10.2. The highest BCUT2D eigenvalue weighted by atomic mass is 28.3. The molecule has 3 aromatic rings. The van der Waals surface area contributed by atoms with Crippen molar-refractivity contribution in [2.24, 2.45) is 0 Å². The van der Waals surface area contributed by atoms with E-state index in [1.807, 2.05) is 42.5 Å². The molecular formula is C20H19NO2Si. The zero-order chi connectivity index (χ0) is 17.2. The van der Waals surface area contributed by atoms with Crippen LogP contribution in [-0.2, 0) is 0 Å². The number of hydrogen-bond acceptors (Lipinski definition) is 2. The van der Waals surface area contributed by atoms with Gasteiger partial charge in [-0.1, -0.05) is 61.1 Å². The molecule has 0 saturated heterocycles. The second kappa shape index (κ2) is 6.33. The van der Waals surface area contributed by atoms with Gasteiger partial charge in [-0.3, -0.25) is 0 Å². The Bertz CT molecular complexity index is 845. The summed E-state index contributed by atoms with van der Waals surface area (Å²) in [6, 6.07) is 25.7. The van der Waals surface area contributed by atoms with Crippen molar-refractivity contribution in [1.29, 1.82) is 0 Å². The molecule has 0 radical (unpaired) electrons. The van der Waals surface area contributed by atoms with E-state index in [0.717, 1.165) is 5.69 Å². The van der Waals surface area contributed by atoms with Crippen LogP contribution in [0.4, 0.5) is 5.69 Å². The summed E-state index contributed by atoms with van der Waals surface area (Å²) in [6.07, 6.45) is 0. The fraction of sp³-hybridized carbons (Fsp3) is 0.0500. The van der Waals surface area contributed by atoms with Crippen LogP contribution in [0.1, 0.15) is 10.4 Å². The Balaban J connectivity index is 2.18. The Morgan fingerprint density at radius 1 is 0.792 bits per heavy atom. The van der Waals surface area contributed by atoms with Crippen LogP contribution < -0.4 is 21.3 Å². The SMILES string of the molecule is C[Si](c1ccccc1)(c1ccc(N)cc1)c1ccc(C(=O)O)cc1. The van der Waals surface area contributed by atoms with Gasteiger partial charge >= 0.3 is 5.97 Å². The Kier molecular flexibility index (Phi) is 4.23. The first-order valence-corrected chi connectivity index (χ1v) is 10.3. The van der Waals surface area contributed by atoms with Gasteiger partial charge in [0.05, 0.1) is 5.56 Å². The number of hydrogen-bond donors (Lipinski definition) is 2. The summed E-state index contributed by atoms with van der Waals surface area (Å²) >= 11 is 0. The lowest BCUT2D eigenvalue weighted by Gasteiger charge is -2.29. The summed E-state index contributed by atoms with van der Waals surface area (Å²) in [7, 11) is -2.21. The van der Waals surface area contributed by atoms with E-state index in [0.29, 0.717) is 5.56 Å². The average molecular weight is 333 g/mol. The van der Waals surface area contributed by atoms with Gasteiger partial charge in [0.2, 0.25) is 0 Å². The topological polar surface area (TPSA) is 63.3 Å². The second-order valence-electron chi connectivity index (χ2n) is 6.00. The van der Waals surface area contributed by atoms with E-state index < -0.39 is 14.0 Å². The van der Waals surface area contributed by atoms with E-state index in [1.165, 1.54) is 15.6 Å². The minimum atomic E-state index is -2.21. The Labute approximate surface area is 142 Å². The fourth-order valence-corrected chi connectivity index (χ4v) is 6.56. The van der Waals surface area contributed by atoms with Gasteiger partial charge in [0.25, 0.3) is 0 Å². The molecule has 0 saturated carbocycles. The van der Waals surface area contributed by atoms with Crippen LogP contribution in [0.25, 0.3) is 0 Å². The van der Waals surface area contributed by atoms with Gasteiger partial charge in [-0.05, 0) is 39.8 Å². The van der Waals surface area contributed by atoms with Crippen molar-refractivity contribution < 1.29 is 9.90 Å².